The van der Waals surface area contributed by atoms with E-state index in [4.69, 9.17) is 0 Å². The van der Waals surface area contributed by atoms with Crippen molar-refractivity contribution in [3.05, 3.63) is 23.8 Å². The van der Waals surface area contributed by atoms with E-state index in [0.29, 0.717) is 19.0 Å². The third-order valence-corrected chi connectivity index (χ3v) is 5.97. The van der Waals surface area contributed by atoms with Gasteiger partial charge < -0.3 is 25.3 Å². The number of aryl methyl sites for hydroxylation is 1. The summed E-state index contributed by atoms with van der Waals surface area (Å²) in [7, 11) is 2.15. The van der Waals surface area contributed by atoms with Gasteiger partial charge in [-0.15, -0.1) is 0 Å². The van der Waals surface area contributed by atoms with E-state index in [2.05, 4.69) is 40.5 Å². The van der Waals surface area contributed by atoms with E-state index in [0.717, 1.165) is 62.5 Å². The van der Waals surface area contributed by atoms with Gasteiger partial charge >= 0.3 is 6.03 Å². The number of hydrogen-bond acceptors (Lipinski definition) is 4. The lowest BCUT2D eigenvalue weighted by Gasteiger charge is -2.34. The molecule has 0 aromatic heterocycles. The Bertz CT molecular complexity index is 740. The average molecular weight is 386 g/mol. The molecule has 152 valence electrons. The first-order valence-electron chi connectivity index (χ1n) is 10.4. The minimum Gasteiger partial charge on any atom is -0.369 e. The van der Waals surface area contributed by atoms with Gasteiger partial charge in [-0.3, -0.25) is 4.79 Å². The van der Waals surface area contributed by atoms with Crippen LogP contribution >= 0.6 is 0 Å². The molecule has 0 unspecified atom stereocenters. The number of rotatable bonds is 5. The molecule has 1 aliphatic carbocycles. The number of nitrogens with one attached hydrogen (secondary N) is 2. The number of anilines is 2. The molecule has 7 heteroatoms. The van der Waals surface area contributed by atoms with Gasteiger partial charge in [-0.25, -0.2) is 4.79 Å². The second kappa shape index (κ2) is 7.99. The number of piperazine rings is 1. The minimum absolute atomic E-state index is 0.202. The SMILES string of the molecule is Cc1cc(NC(=O)NC[C@H]2CC(=O)N(C3CC3)C2)cc(N2CCN(C)CC2)c1. The molecule has 3 aliphatic rings. The van der Waals surface area contributed by atoms with Gasteiger partial charge in [-0.05, 0) is 50.6 Å². The third kappa shape index (κ3) is 4.58. The second-order valence-corrected chi connectivity index (χ2v) is 8.53. The van der Waals surface area contributed by atoms with Gasteiger partial charge in [0.2, 0.25) is 5.91 Å². The molecule has 4 rings (SSSR count). The fourth-order valence-electron chi connectivity index (χ4n) is 4.18. The highest BCUT2D eigenvalue weighted by atomic mass is 16.2. The molecule has 0 radical (unpaired) electrons. The molecule has 28 heavy (non-hydrogen) atoms. The first-order chi connectivity index (χ1) is 13.5. The van der Waals surface area contributed by atoms with Crippen LogP contribution in [0.5, 0.6) is 0 Å². The van der Waals surface area contributed by atoms with Gasteiger partial charge in [0.25, 0.3) is 0 Å². The second-order valence-electron chi connectivity index (χ2n) is 8.53. The van der Waals surface area contributed by atoms with Crippen LogP contribution < -0.4 is 15.5 Å². The number of urea groups is 1. The maximum absolute atomic E-state index is 12.4. The number of carbonyl (C=O) groups is 2. The summed E-state index contributed by atoms with van der Waals surface area (Å²) in [5.41, 5.74) is 3.10. The number of likely N-dealkylation sites (N-methyl/N-ethyl adjacent to an activating group) is 1. The predicted molar refractivity (Wildman–Crippen MR) is 111 cm³/mol. The Hall–Kier alpha value is -2.28. The van der Waals surface area contributed by atoms with Gasteiger partial charge in [0.15, 0.2) is 0 Å². The zero-order chi connectivity index (χ0) is 19.7. The van der Waals surface area contributed by atoms with Crippen molar-refractivity contribution in [2.45, 2.75) is 32.2 Å². The number of amides is 3. The van der Waals surface area contributed by atoms with E-state index in [9.17, 15) is 9.59 Å². The van der Waals surface area contributed by atoms with Crippen LogP contribution in [0.3, 0.4) is 0 Å². The predicted octanol–water partition coefficient (Wildman–Crippen LogP) is 1.88. The Labute approximate surface area is 167 Å². The Morgan fingerprint density at radius 2 is 1.89 bits per heavy atom. The van der Waals surface area contributed by atoms with Crippen LogP contribution in [-0.2, 0) is 4.79 Å². The molecule has 0 bridgehead atoms. The lowest BCUT2D eigenvalue weighted by molar-refractivity contribution is -0.128. The van der Waals surface area contributed by atoms with Gasteiger partial charge in [0, 0.05) is 69.0 Å². The number of benzene rings is 1. The normalized spacial score (nSPS) is 23.2. The molecule has 7 nitrogen and oxygen atoms in total. The Morgan fingerprint density at radius 3 is 2.61 bits per heavy atom. The molecule has 1 atom stereocenters. The molecule has 1 aromatic rings. The van der Waals surface area contributed by atoms with Crippen molar-refractivity contribution < 1.29 is 9.59 Å². The first-order valence-corrected chi connectivity index (χ1v) is 10.4. The fraction of sp³-hybridized carbons (Fsp3) is 0.619. The number of hydrogen-bond donors (Lipinski definition) is 2. The van der Waals surface area contributed by atoms with Crippen molar-refractivity contribution in [3.63, 3.8) is 0 Å². The van der Waals surface area contributed by atoms with Crippen molar-refractivity contribution in [1.82, 2.24) is 15.1 Å². The largest absolute Gasteiger partial charge is 0.369 e. The summed E-state index contributed by atoms with van der Waals surface area (Å²) in [5.74, 6) is 0.461. The lowest BCUT2D eigenvalue weighted by atomic mass is 10.1. The van der Waals surface area contributed by atoms with Gasteiger partial charge in [0.1, 0.15) is 0 Å². The minimum atomic E-state index is -0.202. The van der Waals surface area contributed by atoms with E-state index < -0.39 is 0 Å². The summed E-state index contributed by atoms with van der Waals surface area (Å²) in [6.07, 6.45) is 2.82. The quantitative estimate of drug-likeness (QED) is 0.812. The van der Waals surface area contributed by atoms with Crippen molar-refractivity contribution in [1.29, 1.82) is 0 Å². The average Bonchev–Trinajstić information content (AvgIpc) is 3.43. The highest BCUT2D eigenvalue weighted by molar-refractivity contribution is 5.90. The molecular weight excluding hydrogens is 354 g/mol. The standard InChI is InChI=1S/C21H31N5O2/c1-15-9-17(12-19(10-15)25-7-5-24(2)6-8-25)23-21(28)22-13-16-11-20(27)26(14-16)18-3-4-18/h9-10,12,16,18H,3-8,11,13-14H2,1-2H3,(H2,22,23,28)/t16-/m1/s1. The van der Waals surface area contributed by atoms with Gasteiger partial charge in [-0.2, -0.15) is 0 Å². The van der Waals surface area contributed by atoms with Crippen molar-refractivity contribution >= 4 is 23.3 Å². The van der Waals surface area contributed by atoms with E-state index in [1.54, 1.807) is 0 Å². The molecule has 1 saturated carbocycles. The highest BCUT2D eigenvalue weighted by Gasteiger charge is 2.39. The highest BCUT2D eigenvalue weighted by Crippen LogP contribution is 2.32. The van der Waals surface area contributed by atoms with Crippen LogP contribution in [0.1, 0.15) is 24.8 Å². The molecule has 2 heterocycles. The summed E-state index contributed by atoms with van der Waals surface area (Å²) in [5, 5.41) is 5.92. The van der Waals surface area contributed by atoms with Crippen molar-refractivity contribution in [2.75, 3.05) is 56.5 Å². The van der Waals surface area contributed by atoms with Crippen molar-refractivity contribution in [3.8, 4) is 0 Å². The lowest BCUT2D eigenvalue weighted by Crippen LogP contribution is -2.44. The summed E-state index contributed by atoms with van der Waals surface area (Å²) in [6.45, 7) is 7.47. The van der Waals surface area contributed by atoms with Crippen molar-refractivity contribution in [2.24, 2.45) is 5.92 Å². The maximum Gasteiger partial charge on any atom is 0.319 e. The Morgan fingerprint density at radius 1 is 1.14 bits per heavy atom. The molecule has 2 saturated heterocycles. The van der Waals surface area contributed by atoms with E-state index in [-0.39, 0.29) is 17.9 Å². The first kappa shape index (κ1) is 19.1. The van der Waals surface area contributed by atoms with Gasteiger partial charge in [-0.1, -0.05) is 0 Å². The topological polar surface area (TPSA) is 67.9 Å². The van der Waals surface area contributed by atoms with Gasteiger partial charge in [0.05, 0.1) is 0 Å². The molecular formula is C21H31N5O2. The molecule has 2 aliphatic heterocycles. The number of likely N-dealkylation sites (tertiary alicyclic amines) is 1. The zero-order valence-electron chi connectivity index (χ0n) is 16.9. The van der Waals surface area contributed by atoms with Crippen LogP contribution in [0.4, 0.5) is 16.2 Å². The van der Waals surface area contributed by atoms with Crippen LogP contribution in [0, 0.1) is 12.8 Å². The van der Waals surface area contributed by atoms with E-state index in [1.807, 2.05) is 17.0 Å². The molecule has 0 spiro atoms. The van der Waals surface area contributed by atoms with Crippen LogP contribution in [0.15, 0.2) is 18.2 Å². The fourth-order valence-corrected chi connectivity index (χ4v) is 4.18. The van der Waals surface area contributed by atoms with E-state index in [1.165, 1.54) is 0 Å². The summed E-state index contributed by atoms with van der Waals surface area (Å²) in [6, 6.07) is 6.48. The summed E-state index contributed by atoms with van der Waals surface area (Å²) < 4.78 is 0. The third-order valence-electron chi connectivity index (χ3n) is 5.97. The molecule has 1 aromatic carbocycles. The number of nitrogens with zero attached hydrogens (tertiary/aromatic N) is 3. The summed E-state index contributed by atoms with van der Waals surface area (Å²) in [4.78, 5) is 31.1. The maximum atomic E-state index is 12.4. The van der Waals surface area contributed by atoms with Crippen LogP contribution in [-0.4, -0.2) is 74.1 Å². The molecule has 3 amide bonds. The monoisotopic (exact) mass is 385 g/mol. The summed E-state index contributed by atoms with van der Waals surface area (Å²) >= 11 is 0. The Balaban J connectivity index is 1.30. The number of carbonyl (C=O) groups excluding carboxylic acids is 2. The molecule has 3 fully saturated rings. The smallest absolute Gasteiger partial charge is 0.319 e. The molecule has 2 N–H and O–H groups in total. The van der Waals surface area contributed by atoms with Crippen LogP contribution in [0.2, 0.25) is 0 Å². The Kier molecular flexibility index (Phi) is 5.44. The zero-order valence-corrected chi connectivity index (χ0v) is 16.9. The van der Waals surface area contributed by atoms with E-state index >= 15 is 0 Å². The van der Waals surface area contributed by atoms with Crippen LogP contribution in [0.25, 0.3) is 0 Å².